The predicted molar refractivity (Wildman–Crippen MR) is 223 cm³/mol. The maximum absolute atomic E-state index is 12.9. The van der Waals surface area contributed by atoms with E-state index in [2.05, 4.69) is 31.2 Å². The van der Waals surface area contributed by atoms with E-state index in [1.54, 1.807) is 14.7 Å². The van der Waals surface area contributed by atoms with Gasteiger partial charge in [-0.05, 0) is 12.8 Å². The third-order valence-electron chi connectivity index (χ3n) is 10.6. The number of nitrogens with one attached hydrogen (secondary N) is 5. The Bertz CT molecular complexity index is 1920. The number of carbonyl (C=O) groups is 7. The van der Waals surface area contributed by atoms with Crippen molar-refractivity contribution in [3.05, 3.63) is 38.7 Å². The summed E-state index contributed by atoms with van der Waals surface area (Å²) in [4.78, 5) is 122. The molecule has 3 rings (SSSR count). The molecule has 0 spiro atoms. The van der Waals surface area contributed by atoms with Crippen molar-refractivity contribution in [3.63, 3.8) is 0 Å². The number of aliphatic carboxylic acids is 3. The fraction of sp³-hybridized carbons (Fsp3) is 0.650. The number of aromatic amines is 1. The normalized spacial score (nSPS) is 16.1. The number of amides is 2. The molecule has 2 amide bonds. The summed E-state index contributed by atoms with van der Waals surface area (Å²) >= 11 is 0. The molecule has 1 unspecified atom stereocenters. The summed E-state index contributed by atoms with van der Waals surface area (Å²) in [6.07, 6.45) is 3.77. The van der Waals surface area contributed by atoms with E-state index in [1.807, 2.05) is 0 Å². The second-order valence-corrected chi connectivity index (χ2v) is 15.3. The average molecular weight is 1080 g/mol. The Morgan fingerprint density at radius 3 is 1.95 bits per heavy atom. The molecule has 1 aliphatic rings. The summed E-state index contributed by atoms with van der Waals surface area (Å²) in [6.45, 7) is 0.00284. The van der Waals surface area contributed by atoms with Crippen LogP contribution in [0.4, 0.5) is 11.4 Å². The van der Waals surface area contributed by atoms with Gasteiger partial charge in [-0.1, -0.05) is 0 Å². The molecule has 25 nitrogen and oxygen atoms in total. The Kier molecular flexibility index (Phi) is 27.6. The summed E-state index contributed by atoms with van der Waals surface area (Å²) in [5.74, 6) is -6.55. The van der Waals surface area contributed by atoms with Crippen molar-refractivity contribution in [2.45, 2.75) is 37.8 Å². The van der Waals surface area contributed by atoms with Gasteiger partial charge in [-0.25, -0.2) is 4.98 Å². The largest absolute Gasteiger partial charge is 0.549 e. The first-order chi connectivity index (χ1) is 31.2. The maximum atomic E-state index is 12.9. The van der Waals surface area contributed by atoms with Crippen LogP contribution in [0.2, 0.25) is 0 Å². The Labute approximate surface area is 412 Å². The number of carbonyl (C=O) groups excluding carboxylic acids is 7. The van der Waals surface area contributed by atoms with Crippen molar-refractivity contribution in [3.8, 4) is 0 Å². The van der Waals surface area contributed by atoms with Gasteiger partial charge in [0.05, 0.1) is 63.1 Å². The van der Waals surface area contributed by atoms with Gasteiger partial charge in [0.1, 0.15) is 30.3 Å². The Morgan fingerprint density at radius 1 is 0.833 bits per heavy atom. The van der Waals surface area contributed by atoms with Crippen molar-refractivity contribution in [2.24, 2.45) is 5.92 Å². The molecule has 3 atom stereocenters. The van der Waals surface area contributed by atoms with E-state index in [0.29, 0.717) is 12.0 Å². The SMILES string of the molecule is CNC(=O)[C@H](CO)NC(=O)[C@@H](CC(=O)COCCOCCNc1c(NCCCC(C(=O)[O-])N2CCN(CC=O)CCN(CC(=O)[O-])CCN(CC(=O)[O-])CC2)c(=O)c1=O)Cc1cnc[nH]1.[Gd]. The number of aromatic nitrogens is 2. The van der Waals surface area contributed by atoms with E-state index in [-0.39, 0.29) is 175 Å². The number of aliphatic hydroxyl groups is 1. The number of hydrogen-bond acceptors (Lipinski definition) is 22. The quantitative estimate of drug-likeness (QED) is 0.0240. The van der Waals surface area contributed by atoms with E-state index >= 15 is 0 Å². The number of Topliss-reactive ketones (excluding diaryl/α,β-unsaturated/α-hetero) is 1. The number of carboxylic acids is 3. The smallest absolute Gasteiger partial charge is 0.253 e. The van der Waals surface area contributed by atoms with Crippen molar-refractivity contribution in [1.82, 2.24) is 40.2 Å². The number of likely N-dealkylation sites (N-methyl/N-ethyl adjacent to an activating group) is 1. The molecule has 6 N–H and O–H groups in total. The van der Waals surface area contributed by atoms with Crippen LogP contribution in [-0.4, -0.2) is 214 Å². The molecule has 2 heterocycles. The van der Waals surface area contributed by atoms with Crippen LogP contribution in [0, 0.1) is 45.9 Å². The van der Waals surface area contributed by atoms with Gasteiger partial charge in [0, 0.05) is 156 Å². The molecular formula is C40H59GdN10O15-3. The van der Waals surface area contributed by atoms with Gasteiger partial charge in [0.25, 0.3) is 10.9 Å². The first-order valence-corrected chi connectivity index (χ1v) is 21.2. The van der Waals surface area contributed by atoms with Crippen molar-refractivity contribution >= 4 is 53.2 Å². The molecule has 0 radical (unpaired) electrons. The molecule has 1 fully saturated rings. The zero-order chi connectivity index (χ0) is 47.7. The van der Waals surface area contributed by atoms with Crippen LogP contribution in [0.25, 0.3) is 0 Å². The van der Waals surface area contributed by atoms with Crippen molar-refractivity contribution < 1.29 is 103 Å². The average Bonchev–Trinajstić information content (AvgIpc) is 3.79. The summed E-state index contributed by atoms with van der Waals surface area (Å²) in [6, 6.07) is -2.33. The number of aliphatic hydroxyl groups excluding tert-OH is 1. The predicted octanol–water partition coefficient (Wildman–Crippen LogP) is -8.28. The molecule has 1 aromatic carbocycles. The zero-order valence-corrected chi connectivity index (χ0v) is 39.0. The summed E-state index contributed by atoms with van der Waals surface area (Å²) in [5.41, 5.74) is -0.846. The zero-order valence-electron chi connectivity index (χ0n) is 36.8. The third-order valence-corrected chi connectivity index (χ3v) is 10.6. The number of ether oxygens (including phenoxy) is 2. The maximum Gasteiger partial charge on any atom is 0.253 e. The molecule has 1 saturated heterocycles. The van der Waals surface area contributed by atoms with E-state index in [0.717, 1.165) is 0 Å². The standard InChI is InChI=1S/C40H62N10O15.Gd/c1-41-39(61)30(24-52)46-38(60)27(19-28-21-42-26-45-28)20-29(53)25-65-18-17-64-16-5-44-35-34(36(58)37(35)59)43-4-2-3-31(40(62)63)50-12-10-47(14-15-51)6-7-48(22-32(54)55)8-9-49(11-13-50)23-33(56)57;/h15,21,26-27,30-31,43-44,52H,2-14,16-20,22-25H2,1H3,(H,41,61)(H,42,45)(H,46,60)(H,54,55)(H,56,57)(H,62,63);/p-3/t27-,30+,31?;/m1./s1. The molecule has 1 aromatic heterocycles. The van der Waals surface area contributed by atoms with Gasteiger partial charge in [0.2, 0.25) is 11.8 Å². The first kappa shape index (κ1) is 57.8. The molecule has 26 heteroatoms. The van der Waals surface area contributed by atoms with Gasteiger partial charge in [-0.2, -0.15) is 0 Å². The molecule has 1 aliphatic heterocycles. The Balaban J connectivity index is 0.0000150. The van der Waals surface area contributed by atoms with Gasteiger partial charge in [-0.15, -0.1) is 0 Å². The summed E-state index contributed by atoms with van der Waals surface area (Å²) in [7, 11) is 1.36. The molecule has 2 aromatic rings. The molecule has 0 saturated carbocycles. The topological polar surface area (TPSA) is 351 Å². The molecule has 370 valence electrons. The van der Waals surface area contributed by atoms with Crippen molar-refractivity contribution in [1.29, 1.82) is 0 Å². The van der Waals surface area contributed by atoms with E-state index in [9.17, 15) is 63.6 Å². The number of ketones is 1. The first-order valence-electron chi connectivity index (χ1n) is 21.2. The van der Waals surface area contributed by atoms with Crippen LogP contribution in [0.3, 0.4) is 0 Å². The van der Waals surface area contributed by atoms with Gasteiger partial charge >= 0.3 is 0 Å². The van der Waals surface area contributed by atoms with Gasteiger partial charge in [-0.3, -0.25) is 43.6 Å². The van der Waals surface area contributed by atoms with Crippen LogP contribution < -0.4 is 47.4 Å². The Morgan fingerprint density at radius 2 is 1.41 bits per heavy atom. The van der Waals surface area contributed by atoms with Crippen LogP contribution >= 0.6 is 0 Å². The minimum absolute atomic E-state index is 0. The monoisotopic (exact) mass is 1080 g/mol. The minimum atomic E-state index is -1.38. The van der Waals surface area contributed by atoms with E-state index in [4.69, 9.17) is 9.47 Å². The molecule has 0 bridgehead atoms. The number of aldehydes is 1. The van der Waals surface area contributed by atoms with Crippen LogP contribution in [0.1, 0.15) is 25.0 Å². The van der Waals surface area contributed by atoms with E-state index in [1.165, 1.54) is 24.5 Å². The van der Waals surface area contributed by atoms with Gasteiger partial charge < -0.3 is 75.3 Å². The Hall–Kier alpha value is -4.38. The molecular weight excluding hydrogens is 1020 g/mol. The number of imidazole rings is 1. The fourth-order valence-electron chi connectivity index (χ4n) is 7.09. The fourth-order valence-corrected chi connectivity index (χ4v) is 7.09. The second-order valence-electron chi connectivity index (χ2n) is 15.3. The number of H-pyrrole nitrogens is 1. The second kappa shape index (κ2) is 31.6. The van der Waals surface area contributed by atoms with Crippen LogP contribution in [-0.2, 0) is 49.5 Å². The summed E-state index contributed by atoms with van der Waals surface area (Å²) in [5, 5.41) is 55.3. The number of nitrogens with zero attached hydrogens (tertiary/aromatic N) is 5. The number of hydrogen-bond donors (Lipinski definition) is 6. The van der Waals surface area contributed by atoms with Crippen molar-refractivity contribution in [2.75, 3.05) is 136 Å². The third kappa shape index (κ3) is 20.6. The summed E-state index contributed by atoms with van der Waals surface area (Å²) < 4.78 is 10.9. The van der Waals surface area contributed by atoms with Gasteiger partial charge in [0.15, 0.2) is 5.78 Å². The van der Waals surface area contributed by atoms with Crippen LogP contribution in [0.5, 0.6) is 0 Å². The minimum Gasteiger partial charge on any atom is -0.549 e. The number of rotatable bonds is 30. The van der Waals surface area contributed by atoms with Crippen LogP contribution in [0.15, 0.2) is 22.1 Å². The number of anilines is 2. The van der Waals surface area contributed by atoms with E-state index < -0.39 is 84.1 Å². The number of carboxylic acid groups (broad SMARTS) is 3. The molecule has 66 heavy (non-hydrogen) atoms. The molecule has 0 aliphatic carbocycles.